The molecule has 0 unspecified atom stereocenters. The maximum absolute atomic E-state index is 5.44. The number of hydrogen-bond donors (Lipinski definition) is 0. The summed E-state index contributed by atoms with van der Waals surface area (Å²) in [4.78, 5) is 16.0. The Kier molecular flexibility index (Phi) is 8.52. The van der Waals surface area contributed by atoms with Crippen LogP contribution in [0.1, 0.15) is 0 Å². The Balaban J connectivity index is 1.02. The predicted octanol–water partition coefficient (Wildman–Crippen LogP) is 16.2. The van der Waals surface area contributed by atoms with Gasteiger partial charge in [0.15, 0.2) is 17.5 Å². The second kappa shape index (κ2) is 15.2. The van der Waals surface area contributed by atoms with Crippen LogP contribution in [0.5, 0.6) is 0 Å². The van der Waals surface area contributed by atoms with Gasteiger partial charge < -0.3 is 9.13 Å². The van der Waals surface area contributed by atoms with E-state index in [-0.39, 0.29) is 0 Å². The maximum Gasteiger partial charge on any atom is 0.166 e. The van der Waals surface area contributed by atoms with Crippen LogP contribution in [-0.2, 0) is 0 Å². The highest BCUT2D eigenvalue weighted by atomic mass is 15.1. The van der Waals surface area contributed by atoms with Crippen molar-refractivity contribution >= 4 is 75.9 Å². The van der Waals surface area contributed by atoms with Gasteiger partial charge in [-0.3, -0.25) is 0 Å². The fourth-order valence-electron chi connectivity index (χ4n) is 10.6. The Labute approximate surface area is 391 Å². The predicted molar refractivity (Wildman–Crippen MR) is 283 cm³/mol. The Morgan fingerprint density at radius 1 is 0.265 bits per heavy atom. The average molecular weight is 866 g/mol. The summed E-state index contributed by atoms with van der Waals surface area (Å²) >= 11 is 0. The Morgan fingerprint density at radius 2 is 0.838 bits per heavy atom. The normalized spacial score (nSPS) is 11.8. The van der Waals surface area contributed by atoms with E-state index in [0.29, 0.717) is 17.5 Å². The van der Waals surface area contributed by atoms with E-state index in [2.05, 4.69) is 221 Å². The first-order valence-corrected chi connectivity index (χ1v) is 23.1. The van der Waals surface area contributed by atoms with Gasteiger partial charge in [0.2, 0.25) is 0 Å². The SMILES string of the molecule is c1ccc(-c2cccc(-c3nc(-c4ccccc4)nc(-c4c(-n5c6ccccc6c6cc7ccc(-n8c9ccccc9c9c%10ccccc%10ccc98)cc7cc65)ccc5ccccc45)n3)c2)cc1. The molecule has 0 spiro atoms. The fraction of sp³-hybridized carbons (Fsp3) is 0. The molecule has 14 rings (SSSR count). The minimum atomic E-state index is 0.610. The number of aromatic nitrogens is 5. The highest BCUT2D eigenvalue weighted by Crippen LogP contribution is 2.42. The number of hydrogen-bond acceptors (Lipinski definition) is 3. The monoisotopic (exact) mass is 865 g/mol. The van der Waals surface area contributed by atoms with Crippen LogP contribution < -0.4 is 0 Å². The van der Waals surface area contributed by atoms with Crippen molar-refractivity contribution in [3.63, 3.8) is 0 Å². The Hall–Kier alpha value is -9.19. The lowest BCUT2D eigenvalue weighted by Gasteiger charge is -2.17. The summed E-state index contributed by atoms with van der Waals surface area (Å²) in [6.07, 6.45) is 0. The Bertz CT molecular complexity index is 4320. The van der Waals surface area contributed by atoms with Crippen molar-refractivity contribution in [2.75, 3.05) is 0 Å². The van der Waals surface area contributed by atoms with Crippen LogP contribution in [0.3, 0.4) is 0 Å². The zero-order chi connectivity index (χ0) is 44.7. The van der Waals surface area contributed by atoms with Crippen LogP contribution in [0.25, 0.3) is 133 Å². The summed E-state index contributed by atoms with van der Waals surface area (Å²) in [6.45, 7) is 0. The average Bonchev–Trinajstić information content (AvgIpc) is 3.92. The molecular weight excluding hydrogens is 827 g/mol. The van der Waals surface area contributed by atoms with Crippen LogP contribution in [0.4, 0.5) is 0 Å². The molecule has 0 amide bonds. The van der Waals surface area contributed by atoms with E-state index in [1.165, 1.54) is 48.7 Å². The van der Waals surface area contributed by atoms with Gasteiger partial charge in [-0.15, -0.1) is 0 Å². The highest BCUT2D eigenvalue weighted by Gasteiger charge is 2.23. The summed E-state index contributed by atoms with van der Waals surface area (Å²) in [5.41, 5.74) is 11.7. The topological polar surface area (TPSA) is 48.5 Å². The van der Waals surface area contributed by atoms with Crippen molar-refractivity contribution in [1.29, 1.82) is 0 Å². The van der Waals surface area contributed by atoms with Crippen molar-refractivity contribution in [3.05, 3.63) is 237 Å². The van der Waals surface area contributed by atoms with Gasteiger partial charge in [-0.1, -0.05) is 182 Å². The lowest BCUT2D eigenvalue weighted by Crippen LogP contribution is -2.04. The molecule has 0 fully saturated rings. The van der Waals surface area contributed by atoms with Crippen molar-refractivity contribution in [2.24, 2.45) is 0 Å². The van der Waals surface area contributed by atoms with Crippen molar-refractivity contribution in [3.8, 4) is 56.7 Å². The second-order valence-corrected chi connectivity index (χ2v) is 17.6. The van der Waals surface area contributed by atoms with E-state index in [1.54, 1.807) is 0 Å². The van der Waals surface area contributed by atoms with Gasteiger partial charge >= 0.3 is 0 Å². The summed E-state index contributed by atoms with van der Waals surface area (Å²) in [6, 6.07) is 84.7. The summed E-state index contributed by atoms with van der Waals surface area (Å²) in [5, 5.41) is 11.9. The minimum Gasteiger partial charge on any atom is -0.309 e. The van der Waals surface area contributed by atoms with E-state index < -0.39 is 0 Å². The minimum absolute atomic E-state index is 0.610. The molecule has 0 aliphatic heterocycles. The highest BCUT2D eigenvalue weighted by molar-refractivity contribution is 6.21. The zero-order valence-corrected chi connectivity index (χ0v) is 36.8. The molecule has 0 atom stereocenters. The quantitative estimate of drug-likeness (QED) is 0.167. The zero-order valence-electron chi connectivity index (χ0n) is 36.8. The second-order valence-electron chi connectivity index (χ2n) is 17.6. The molecule has 316 valence electrons. The third-order valence-corrected chi connectivity index (χ3v) is 13.7. The molecule has 5 heteroatoms. The molecule has 0 saturated heterocycles. The summed E-state index contributed by atoms with van der Waals surface area (Å²) in [5.74, 6) is 1.84. The molecule has 5 nitrogen and oxygen atoms in total. The third-order valence-electron chi connectivity index (χ3n) is 13.7. The molecule has 68 heavy (non-hydrogen) atoms. The molecule has 0 N–H and O–H groups in total. The van der Waals surface area contributed by atoms with Crippen LogP contribution in [0.2, 0.25) is 0 Å². The van der Waals surface area contributed by atoms with Crippen molar-refractivity contribution in [2.45, 2.75) is 0 Å². The van der Waals surface area contributed by atoms with Gasteiger partial charge in [0.05, 0.1) is 33.3 Å². The van der Waals surface area contributed by atoms with Gasteiger partial charge in [0.25, 0.3) is 0 Å². The lowest BCUT2D eigenvalue weighted by molar-refractivity contribution is 1.07. The number of nitrogens with zero attached hydrogens (tertiary/aromatic N) is 5. The molecular formula is C63H39N5. The number of benzene rings is 11. The Morgan fingerprint density at radius 3 is 1.63 bits per heavy atom. The first-order chi connectivity index (χ1) is 33.7. The summed E-state index contributed by atoms with van der Waals surface area (Å²) in [7, 11) is 0. The van der Waals surface area contributed by atoms with Gasteiger partial charge in [-0.25, -0.2) is 15.0 Å². The van der Waals surface area contributed by atoms with Crippen LogP contribution in [-0.4, -0.2) is 24.1 Å². The smallest absolute Gasteiger partial charge is 0.166 e. The molecule has 3 heterocycles. The fourth-order valence-corrected chi connectivity index (χ4v) is 10.6. The van der Waals surface area contributed by atoms with E-state index in [9.17, 15) is 0 Å². The first kappa shape index (κ1) is 38.1. The standard InChI is InChI=1S/C63H39N5/c1-3-16-40(17-4-1)44-22-15-23-46(36-44)62-64-61(43-20-5-2-6-21-43)65-63(66-62)60-50-25-10-8-19-42(50)32-35-57(60)68-54-28-13-11-26-51(54)53-38-45-30-33-48(37-47(45)39-58(53)68)67-55-29-14-12-27-52(55)59-49-24-9-7-18-41(49)31-34-56(59)67/h1-39H. The van der Waals surface area contributed by atoms with Crippen LogP contribution >= 0.6 is 0 Å². The van der Waals surface area contributed by atoms with E-state index >= 15 is 0 Å². The molecule has 0 aliphatic rings. The van der Waals surface area contributed by atoms with E-state index in [4.69, 9.17) is 15.0 Å². The third kappa shape index (κ3) is 5.99. The van der Waals surface area contributed by atoms with E-state index in [0.717, 1.165) is 66.4 Å². The number of rotatable bonds is 6. The largest absolute Gasteiger partial charge is 0.309 e. The molecule has 14 aromatic rings. The molecule has 11 aromatic carbocycles. The van der Waals surface area contributed by atoms with E-state index in [1.807, 2.05) is 24.3 Å². The molecule has 0 radical (unpaired) electrons. The van der Waals surface area contributed by atoms with Crippen LogP contribution in [0.15, 0.2) is 237 Å². The first-order valence-electron chi connectivity index (χ1n) is 23.1. The molecule has 0 bridgehead atoms. The van der Waals surface area contributed by atoms with Gasteiger partial charge in [0, 0.05) is 38.4 Å². The molecule has 0 saturated carbocycles. The molecule has 3 aromatic heterocycles. The maximum atomic E-state index is 5.44. The lowest BCUT2D eigenvalue weighted by atomic mass is 10.0. The van der Waals surface area contributed by atoms with Gasteiger partial charge in [-0.05, 0) is 98.0 Å². The number of para-hydroxylation sites is 2. The van der Waals surface area contributed by atoms with Crippen molar-refractivity contribution < 1.29 is 0 Å². The van der Waals surface area contributed by atoms with Gasteiger partial charge in [-0.2, -0.15) is 0 Å². The summed E-state index contributed by atoms with van der Waals surface area (Å²) < 4.78 is 4.85. The van der Waals surface area contributed by atoms with Crippen molar-refractivity contribution in [1.82, 2.24) is 24.1 Å². The van der Waals surface area contributed by atoms with Gasteiger partial charge in [0.1, 0.15) is 0 Å². The van der Waals surface area contributed by atoms with Crippen LogP contribution in [0, 0.1) is 0 Å². The number of fused-ring (bicyclic) bond motifs is 10. The molecule has 0 aliphatic carbocycles.